The second kappa shape index (κ2) is 9.72. The summed E-state index contributed by atoms with van der Waals surface area (Å²) in [6.45, 7) is 3.11. The first-order valence-corrected chi connectivity index (χ1v) is 13.6. The molecule has 4 nitrogen and oxygen atoms in total. The number of halogens is 1. The van der Waals surface area contributed by atoms with Gasteiger partial charge in [0.1, 0.15) is 0 Å². The first-order valence-electron chi connectivity index (χ1n) is 11.4. The van der Waals surface area contributed by atoms with E-state index in [1.807, 2.05) is 48.5 Å². The minimum atomic E-state index is -3.82. The van der Waals surface area contributed by atoms with Gasteiger partial charge in [0.2, 0.25) is 0 Å². The minimum absolute atomic E-state index is 0.263. The molecule has 0 unspecified atom stereocenters. The third-order valence-corrected chi connectivity index (χ3v) is 8.75. The van der Waals surface area contributed by atoms with Crippen LogP contribution in [-0.4, -0.2) is 12.4 Å². The van der Waals surface area contributed by atoms with Crippen molar-refractivity contribution in [3.63, 3.8) is 0 Å². The Kier molecular flexibility index (Phi) is 6.50. The Bertz CT molecular complexity index is 1560. The first-order chi connectivity index (χ1) is 16.9. The zero-order valence-corrected chi connectivity index (χ0v) is 21.7. The van der Waals surface area contributed by atoms with Crippen LogP contribution in [0, 0.1) is 6.92 Å². The summed E-state index contributed by atoms with van der Waals surface area (Å²) in [7, 11) is -3.82. The summed E-state index contributed by atoms with van der Waals surface area (Å²) in [5.41, 5.74) is 4.70. The lowest BCUT2D eigenvalue weighted by Crippen LogP contribution is -2.26. The zero-order chi connectivity index (χ0) is 24.4. The van der Waals surface area contributed by atoms with Gasteiger partial charge in [-0.25, -0.2) is 12.4 Å². The fourth-order valence-corrected chi connectivity index (χ4v) is 6.64. The smallest absolute Gasteiger partial charge is 0.268 e. The highest BCUT2D eigenvalue weighted by atomic mass is 79.9. The number of hydrogen-bond acceptors (Lipinski definition) is 3. The maximum atomic E-state index is 13.9. The predicted octanol–water partition coefficient (Wildman–Crippen LogP) is 7.16. The van der Waals surface area contributed by atoms with Crippen molar-refractivity contribution in [3.8, 4) is 0 Å². The standard InChI is InChI=1S/C29H25BrN2O2S/c1-22-16-18-24(19-17-22)31(20-23-10-4-2-5-11-23)21-28-29(30)26-14-8-9-15-27(26)32(28)35(33,34)25-12-6-3-7-13-25/h2-19H,20-21H2,1H3. The van der Waals surface area contributed by atoms with E-state index in [2.05, 4.69) is 64.2 Å². The molecule has 1 aromatic heterocycles. The number of rotatable bonds is 7. The second-order valence-corrected chi connectivity index (χ2v) is 11.1. The lowest BCUT2D eigenvalue weighted by atomic mass is 10.1. The van der Waals surface area contributed by atoms with Gasteiger partial charge >= 0.3 is 0 Å². The summed E-state index contributed by atoms with van der Waals surface area (Å²) in [5, 5.41) is 0.866. The van der Waals surface area contributed by atoms with E-state index in [4.69, 9.17) is 0 Å². The predicted molar refractivity (Wildman–Crippen MR) is 146 cm³/mol. The monoisotopic (exact) mass is 544 g/mol. The van der Waals surface area contributed by atoms with Crippen molar-refractivity contribution >= 4 is 42.5 Å². The van der Waals surface area contributed by atoms with Crippen LogP contribution in [-0.2, 0) is 23.1 Å². The lowest BCUT2D eigenvalue weighted by molar-refractivity contribution is 0.586. The molecular weight excluding hydrogens is 520 g/mol. The molecule has 0 aliphatic heterocycles. The van der Waals surface area contributed by atoms with Crippen LogP contribution in [0.1, 0.15) is 16.8 Å². The number of aromatic nitrogens is 1. The molecule has 0 radical (unpaired) electrons. The van der Waals surface area contributed by atoms with Crippen molar-refractivity contribution in [2.75, 3.05) is 4.90 Å². The van der Waals surface area contributed by atoms with Gasteiger partial charge in [0.25, 0.3) is 10.0 Å². The fourth-order valence-electron chi connectivity index (χ4n) is 4.31. The van der Waals surface area contributed by atoms with Crippen LogP contribution in [0.3, 0.4) is 0 Å². The molecular formula is C29H25BrN2O2S. The van der Waals surface area contributed by atoms with E-state index in [-0.39, 0.29) is 4.90 Å². The Labute approximate surface area is 214 Å². The largest absolute Gasteiger partial charge is 0.361 e. The topological polar surface area (TPSA) is 42.3 Å². The quantitative estimate of drug-likeness (QED) is 0.218. The van der Waals surface area contributed by atoms with Gasteiger partial charge in [0.15, 0.2) is 0 Å². The molecule has 5 aromatic rings. The molecule has 0 fully saturated rings. The highest BCUT2D eigenvalue weighted by molar-refractivity contribution is 9.10. The van der Waals surface area contributed by atoms with Gasteiger partial charge in [0, 0.05) is 22.1 Å². The first kappa shape index (κ1) is 23.4. The van der Waals surface area contributed by atoms with E-state index in [0.717, 1.165) is 21.1 Å². The van der Waals surface area contributed by atoms with Crippen LogP contribution in [0.15, 0.2) is 119 Å². The van der Waals surface area contributed by atoms with Crippen molar-refractivity contribution in [1.29, 1.82) is 0 Å². The summed E-state index contributed by atoms with van der Waals surface area (Å²) in [4.78, 5) is 2.48. The normalized spacial score (nSPS) is 11.6. The number of aryl methyl sites for hydroxylation is 1. The number of nitrogens with zero attached hydrogens (tertiary/aromatic N) is 2. The van der Waals surface area contributed by atoms with Gasteiger partial charge < -0.3 is 4.90 Å². The SMILES string of the molecule is Cc1ccc(N(Cc2ccccc2)Cc2c(Br)c3ccccc3n2S(=O)(=O)c2ccccc2)cc1. The van der Waals surface area contributed by atoms with E-state index >= 15 is 0 Å². The molecule has 0 N–H and O–H groups in total. The summed E-state index contributed by atoms with van der Waals surface area (Å²) >= 11 is 3.75. The van der Waals surface area contributed by atoms with E-state index in [9.17, 15) is 8.42 Å². The molecule has 4 aromatic carbocycles. The molecule has 35 heavy (non-hydrogen) atoms. The Morgan fingerprint density at radius 2 is 1.34 bits per heavy atom. The molecule has 1 heterocycles. The van der Waals surface area contributed by atoms with E-state index in [1.54, 1.807) is 24.3 Å². The molecule has 0 saturated heterocycles. The van der Waals surface area contributed by atoms with E-state index in [1.165, 1.54) is 9.54 Å². The maximum Gasteiger partial charge on any atom is 0.268 e. The molecule has 5 rings (SSSR count). The Hall–Kier alpha value is -3.35. The van der Waals surface area contributed by atoms with Gasteiger partial charge in [-0.15, -0.1) is 0 Å². The molecule has 0 aliphatic rings. The second-order valence-electron chi connectivity index (χ2n) is 8.54. The molecule has 0 amide bonds. The highest BCUT2D eigenvalue weighted by Crippen LogP contribution is 2.36. The number of para-hydroxylation sites is 1. The van der Waals surface area contributed by atoms with Gasteiger partial charge in [-0.2, -0.15) is 0 Å². The van der Waals surface area contributed by atoms with E-state index in [0.29, 0.717) is 24.3 Å². The Morgan fingerprint density at radius 1 is 0.743 bits per heavy atom. The average Bonchev–Trinajstić information content (AvgIpc) is 3.17. The van der Waals surface area contributed by atoms with Crippen LogP contribution in [0.25, 0.3) is 10.9 Å². The van der Waals surface area contributed by atoms with Crippen LogP contribution in [0.2, 0.25) is 0 Å². The molecule has 0 spiro atoms. The molecule has 6 heteroatoms. The minimum Gasteiger partial charge on any atom is -0.361 e. The molecule has 0 aliphatic carbocycles. The van der Waals surface area contributed by atoms with Crippen molar-refractivity contribution in [2.45, 2.75) is 24.9 Å². The number of fused-ring (bicyclic) bond motifs is 1. The van der Waals surface area contributed by atoms with Crippen molar-refractivity contribution in [1.82, 2.24) is 3.97 Å². The van der Waals surface area contributed by atoms with Crippen molar-refractivity contribution in [3.05, 3.63) is 130 Å². The number of hydrogen-bond donors (Lipinski definition) is 0. The van der Waals surface area contributed by atoms with Gasteiger partial charge in [-0.1, -0.05) is 84.4 Å². The van der Waals surface area contributed by atoms with Crippen molar-refractivity contribution in [2.24, 2.45) is 0 Å². The summed E-state index contributed by atoms with van der Waals surface area (Å²) in [6.07, 6.45) is 0. The molecule has 176 valence electrons. The maximum absolute atomic E-state index is 13.9. The van der Waals surface area contributed by atoms with Crippen molar-refractivity contribution < 1.29 is 8.42 Å². The van der Waals surface area contributed by atoms with Crippen LogP contribution < -0.4 is 4.90 Å². The third kappa shape index (κ3) is 4.64. The Morgan fingerprint density at radius 3 is 2.03 bits per heavy atom. The number of anilines is 1. The third-order valence-electron chi connectivity index (χ3n) is 6.10. The summed E-state index contributed by atoms with van der Waals surface area (Å²) in [6, 6.07) is 34.8. The average molecular weight is 546 g/mol. The van der Waals surface area contributed by atoms with Gasteiger partial charge in [-0.05, 0) is 58.7 Å². The number of benzene rings is 4. The lowest BCUT2D eigenvalue weighted by Gasteiger charge is -2.26. The van der Waals surface area contributed by atoms with E-state index < -0.39 is 10.0 Å². The van der Waals surface area contributed by atoms with Gasteiger partial charge in [-0.3, -0.25) is 0 Å². The zero-order valence-electron chi connectivity index (χ0n) is 19.3. The Balaban J connectivity index is 1.68. The van der Waals surface area contributed by atoms with Crippen LogP contribution in [0.4, 0.5) is 5.69 Å². The van der Waals surface area contributed by atoms with Crippen LogP contribution in [0.5, 0.6) is 0 Å². The fraction of sp³-hybridized carbons (Fsp3) is 0.103. The summed E-state index contributed by atoms with van der Waals surface area (Å²) < 4.78 is 30.1. The van der Waals surface area contributed by atoms with Gasteiger partial charge in [0.05, 0.1) is 22.7 Å². The highest BCUT2D eigenvalue weighted by Gasteiger charge is 2.27. The molecule has 0 saturated carbocycles. The molecule has 0 bridgehead atoms. The summed E-state index contributed by atoms with van der Waals surface area (Å²) in [5.74, 6) is 0. The van der Waals surface area contributed by atoms with Crippen LogP contribution >= 0.6 is 15.9 Å². The molecule has 0 atom stereocenters.